The summed E-state index contributed by atoms with van der Waals surface area (Å²) in [5.74, 6) is -1.12. The molecular formula is C19H30N2O3. The molecule has 2 fully saturated rings. The molecule has 2 heterocycles. The molecule has 24 heavy (non-hydrogen) atoms. The molecule has 1 amide bonds. The molecule has 0 saturated carbocycles. The number of carboxylic acid groups (broad SMARTS) is 1. The predicted molar refractivity (Wildman–Crippen MR) is 92.7 cm³/mol. The second-order valence-electron chi connectivity index (χ2n) is 7.87. The summed E-state index contributed by atoms with van der Waals surface area (Å²) in [6.07, 6.45) is 9.80. The van der Waals surface area contributed by atoms with Gasteiger partial charge in [0.2, 0.25) is 5.91 Å². The van der Waals surface area contributed by atoms with Gasteiger partial charge in [-0.25, -0.2) is 0 Å². The van der Waals surface area contributed by atoms with Gasteiger partial charge in [0.25, 0.3) is 0 Å². The third-order valence-electron chi connectivity index (χ3n) is 6.32. The van der Waals surface area contributed by atoms with E-state index < -0.39 is 11.4 Å². The molecule has 3 rings (SSSR count). The monoisotopic (exact) mass is 334 g/mol. The van der Waals surface area contributed by atoms with E-state index in [2.05, 4.69) is 18.7 Å². The van der Waals surface area contributed by atoms with Gasteiger partial charge in [-0.15, -0.1) is 0 Å². The number of hydrogen-bond donors (Lipinski definition) is 1. The van der Waals surface area contributed by atoms with E-state index in [0.717, 1.165) is 12.8 Å². The molecule has 0 aromatic heterocycles. The molecule has 2 aliphatic heterocycles. The van der Waals surface area contributed by atoms with Gasteiger partial charge in [0.05, 0.1) is 0 Å². The number of piperidine rings is 1. The molecular weight excluding hydrogens is 304 g/mol. The minimum Gasteiger partial charge on any atom is -0.480 e. The van der Waals surface area contributed by atoms with Crippen molar-refractivity contribution in [2.24, 2.45) is 5.41 Å². The Bertz CT molecular complexity index is 523. The number of allylic oxidation sites excluding steroid dienone is 2. The maximum atomic E-state index is 13.1. The first kappa shape index (κ1) is 17.5. The van der Waals surface area contributed by atoms with Crippen LogP contribution in [-0.4, -0.2) is 58.0 Å². The van der Waals surface area contributed by atoms with Gasteiger partial charge in [0, 0.05) is 31.2 Å². The SMILES string of the molecule is CC1CCC(C)N1C1CCCN(C(=O)C2(C(=O)O)CC=CCC2)C1. The van der Waals surface area contributed by atoms with Gasteiger partial charge in [-0.1, -0.05) is 12.2 Å². The fourth-order valence-electron chi connectivity index (χ4n) is 4.93. The Balaban J connectivity index is 1.75. The number of rotatable bonds is 3. The fourth-order valence-corrected chi connectivity index (χ4v) is 4.93. The largest absolute Gasteiger partial charge is 0.480 e. The standard InChI is InChI=1S/C19H30N2O3/c1-14-8-9-15(2)21(14)16-7-6-12-20(13-16)17(22)19(18(23)24)10-4-3-5-11-19/h3-4,14-16H,5-13H2,1-2H3,(H,23,24). The Morgan fingerprint density at radius 1 is 1.12 bits per heavy atom. The van der Waals surface area contributed by atoms with E-state index in [9.17, 15) is 14.7 Å². The van der Waals surface area contributed by atoms with Crippen LogP contribution in [0.15, 0.2) is 12.2 Å². The van der Waals surface area contributed by atoms with Crippen LogP contribution in [-0.2, 0) is 9.59 Å². The minimum atomic E-state index is -1.24. The van der Waals surface area contributed by atoms with E-state index in [4.69, 9.17) is 0 Å². The average molecular weight is 334 g/mol. The second-order valence-corrected chi connectivity index (χ2v) is 7.87. The van der Waals surface area contributed by atoms with Crippen molar-refractivity contribution in [1.29, 1.82) is 0 Å². The number of carbonyl (C=O) groups is 2. The number of amides is 1. The van der Waals surface area contributed by atoms with Gasteiger partial charge in [0.15, 0.2) is 0 Å². The van der Waals surface area contributed by atoms with Crippen LogP contribution < -0.4 is 0 Å². The minimum absolute atomic E-state index is 0.163. The number of hydrogen-bond acceptors (Lipinski definition) is 3. The van der Waals surface area contributed by atoms with Gasteiger partial charge in [0.1, 0.15) is 5.41 Å². The molecule has 5 nitrogen and oxygen atoms in total. The van der Waals surface area contributed by atoms with Crippen molar-refractivity contribution in [2.45, 2.75) is 76.9 Å². The Labute approximate surface area is 144 Å². The Morgan fingerprint density at radius 2 is 1.83 bits per heavy atom. The third kappa shape index (κ3) is 2.99. The second kappa shape index (κ2) is 6.87. The molecule has 1 N–H and O–H groups in total. The van der Waals surface area contributed by atoms with E-state index in [1.54, 1.807) is 0 Å². The highest BCUT2D eigenvalue weighted by Crippen LogP contribution is 2.37. The number of carboxylic acids is 1. The van der Waals surface area contributed by atoms with Crippen molar-refractivity contribution in [3.05, 3.63) is 12.2 Å². The maximum Gasteiger partial charge on any atom is 0.319 e. The van der Waals surface area contributed by atoms with Gasteiger partial charge in [-0.05, 0) is 58.8 Å². The van der Waals surface area contributed by atoms with Gasteiger partial charge in [-0.3, -0.25) is 14.5 Å². The summed E-state index contributed by atoms with van der Waals surface area (Å²) < 4.78 is 0. The van der Waals surface area contributed by atoms with Crippen molar-refractivity contribution in [2.75, 3.05) is 13.1 Å². The fraction of sp³-hybridized carbons (Fsp3) is 0.789. The zero-order chi connectivity index (χ0) is 17.3. The molecule has 2 saturated heterocycles. The van der Waals surface area contributed by atoms with Gasteiger partial charge < -0.3 is 10.0 Å². The topological polar surface area (TPSA) is 60.9 Å². The molecule has 3 aliphatic rings. The quantitative estimate of drug-likeness (QED) is 0.637. The lowest BCUT2D eigenvalue weighted by Crippen LogP contribution is -2.57. The van der Waals surface area contributed by atoms with Crippen molar-refractivity contribution < 1.29 is 14.7 Å². The van der Waals surface area contributed by atoms with Crippen LogP contribution >= 0.6 is 0 Å². The van der Waals surface area contributed by atoms with Gasteiger partial charge in [-0.2, -0.15) is 0 Å². The molecule has 134 valence electrons. The van der Waals surface area contributed by atoms with Crippen LogP contribution in [0.2, 0.25) is 0 Å². The summed E-state index contributed by atoms with van der Waals surface area (Å²) in [6.45, 7) is 5.93. The van der Waals surface area contributed by atoms with E-state index >= 15 is 0 Å². The first-order valence-electron chi connectivity index (χ1n) is 9.41. The van der Waals surface area contributed by atoms with Crippen LogP contribution in [0.3, 0.4) is 0 Å². The summed E-state index contributed by atoms with van der Waals surface area (Å²) in [5.41, 5.74) is -1.24. The van der Waals surface area contributed by atoms with Crippen LogP contribution in [0.1, 0.15) is 58.8 Å². The van der Waals surface area contributed by atoms with Crippen LogP contribution in [0, 0.1) is 5.41 Å². The number of aliphatic carboxylic acids is 1. The maximum absolute atomic E-state index is 13.1. The van der Waals surface area contributed by atoms with Crippen molar-refractivity contribution in [3.8, 4) is 0 Å². The Morgan fingerprint density at radius 3 is 2.42 bits per heavy atom. The lowest BCUT2D eigenvalue weighted by molar-refractivity contribution is -0.162. The molecule has 1 aliphatic carbocycles. The Hall–Kier alpha value is -1.36. The van der Waals surface area contributed by atoms with E-state index in [1.807, 2.05) is 17.1 Å². The summed E-state index contributed by atoms with van der Waals surface area (Å²) >= 11 is 0. The molecule has 0 aromatic rings. The normalized spacial score (nSPS) is 37.6. The van der Waals surface area contributed by atoms with Crippen LogP contribution in [0.25, 0.3) is 0 Å². The molecule has 0 radical (unpaired) electrons. The van der Waals surface area contributed by atoms with Crippen LogP contribution in [0.5, 0.6) is 0 Å². The number of likely N-dealkylation sites (tertiary alicyclic amines) is 2. The Kier molecular flexibility index (Phi) is 5.00. The lowest BCUT2D eigenvalue weighted by atomic mass is 9.75. The lowest BCUT2D eigenvalue weighted by Gasteiger charge is -2.44. The predicted octanol–water partition coefficient (Wildman–Crippen LogP) is 2.66. The summed E-state index contributed by atoms with van der Waals surface area (Å²) in [7, 11) is 0. The molecule has 4 atom stereocenters. The first-order chi connectivity index (χ1) is 11.5. The van der Waals surface area contributed by atoms with E-state index in [0.29, 0.717) is 50.5 Å². The van der Waals surface area contributed by atoms with Crippen LogP contribution in [0.4, 0.5) is 0 Å². The highest BCUT2D eigenvalue weighted by molar-refractivity contribution is 6.02. The zero-order valence-corrected chi connectivity index (χ0v) is 14.9. The molecule has 5 heteroatoms. The van der Waals surface area contributed by atoms with E-state index in [1.165, 1.54) is 12.8 Å². The summed E-state index contributed by atoms with van der Waals surface area (Å²) in [6, 6.07) is 1.50. The zero-order valence-electron chi connectivity index (χ0n) is 14.9. The van der Waals surface area contributed by atoms with E-state index in [-0.39, 0.29) is 5.91 Å². The average Bonchev–Trinajstić information content (AvgIpc) is 2.93. The molecule has 0 spiro atoms. The molecule has 4 unspecified atom stereocenters. The van der Waals surface area contributed by atoms with Crippen molar-refractivity contribution in [1.82, 2.24) is 9.80 Å². The highest BCUT2D eigenvalue weighted by Gasteiger charge is 2.49. The highest BCUT2D eigenvalue weighted by atomic mass is 16.4. The van der Waals surface area contributed by atoms with Crippen molar-refractivity contribution in [3.63, 3.8) is 0 Å². The smallest absolute Gasteiger partial charge is 0.319 e. The summed E-state index contributed by atoms with van der Waals surface area (Å²) in [5, 5.41) is 9.76. The third-order valence-corrected chi connectivity index (χ3v) is 6.32. The van der Waals surface area contributed by atoms with Gasteiger partial charge >= 0.3 is 5.97 Å². The summed E-state index contributed by atoms with van der Waals surface area (Å²) in [4.78, 5) is 29.5. The number of nitrogens with zero attached hydrogens (tertiary/aromatic N) is 2. The number of carbonyl (C=O) groups excluding carboxylic acids is 1. The first-order valence-corrected chi connectivity index (χ1v) is 9.41. The molecule has 0 bridgehead atoms. The molecule has 0 aromatic carbocycles. The van der Waals surface area contributed by atoms with Crippen molar-refractivity contribution >= 4 is 11.9 Å².